The molecule has 3 unspecified atom stereocenters. The summed E-state index contributed by atoms with van der Waals surface area (Å²) in [5.41, 5.74) is 0. The number of unbranched alkanes of at least 4 members (excludes halogenated alkanes) is 14. The minimum Gasteiger partial charge on any atom is -0.462 e. The van der Waals surface area contributed by atoms with Gasteiger partial charge in [0.2, 0.25) is 0 Å². The fourth-order valence-corrected chi connectivity index (χ4v) is 7.64. The molecule has 17 heteroatoms. The quantitative estimate of drug-likeness (QED) is 0.0167. The maximum atomic E-state index is 12.8. The second kappa shape index (κ2) is 35.0. The van der Waals surface area contributed by atoms with Crippen LogP contribution in [-0.4, -0.2) is 132 Å². The molecule has 0 aliphatic heterocycles. The van der Waals surface area contributed by atoms with Gasteiger partial charge in [0.1, 0.15) is 43.2 Å². The van der Waals surface area contributed by atoms with E-state index in [0.29, 0.717) is 12.8 Å². The number of allylic oxidation sites excluding steroid dienone is 6. The Labute approximate surface area is 369 Å². The lowest BCUT2D eigenvalue weighted by molar-refractivity contribution is -0.220. The number of hydrogen-bond donors (Lipinski definition) is 9. The van der Waals surface area contributed by atoms with E-state index in [2.05, 4.69) is 13.8 Å². The van der Waals surface area contributed by atoms with Crippen molar-refractivity contribution in [3.8, 4) is 0 Å². The van der Waals surface area contributed by atoms with Crippen LogP contribution >= 0.6 is 7.82 Å². The SMILES string of the molecule is CCCCCCCCCCCCCCCC(=O)OC[C@H](COP(=O)(O)OC1[C@H](O)[C@H](O)C(O)[C@H](O)[C@H]1O)OC(=O)CCC[C@H](O)[C@@H](O)/C=C/C=C/C=C\C=C\[C@@H](O)CCCCC. The Bertz CT molecular complexity index is 1320. The Balaban J connectivity index is 2.64. The third-order valence-electron chi connectivity index (χ3n) is 10.5. The van der Waals surface area contributed by atoms with Crippen LogP contribution in [-0.2, 0) is 32.7 Å². The molecule has 62 heavy (non-hydrogen) atoms. The van der Waals surface area contributed by atoms with Crippen LogP contribution in [0, 0.1) is 0 Å². The lowest BCUT2D eigenvalue weighted by atomic mass is 9.85. The first-order valence-electron chi connectivity index (χ1n) is 22.8. The predicted molar refractivity (Wildman–Crippen MR) is 234 cm³/mol. The summed E-state index contributed by atoms with van der Waals surface area (Å²) in [5.74, 6) is -1.43. The van der Waals surface area contributed by atoms with E-state index in [4.69, 9.17) is 18.5 Å². The third-order valence-corrected chi connectivity index (χ3v) is 11.5. The molecule has 360 valence electrons. The number of aliphatic hydroxyl groups is 8. The van der Waals surface area contributed by atoms with Crippen LogP contribution in [0.5, 0.6) is 0 Å². The summed E-state index contributed by atoms with van der Waals surface area (Å²) in [6.07, 6.45) is 15.1. The molecule has 0 heterocycles. The largest absolute Gasteiger partial charge is 0.472 e. The number of hydrogen-bond acceptors (Lipinski definition) is 15. The van der Waals surface area contributed by atoms with Gasteiger partial charge in [-0.05, 0) is 25.7 Å². The van der Waals surface area contributed by atoms with E-state index in [9.17, 15) is 59.9 Å². The van der Waals surface area contributed by atoms with Gasteiger partial charge in [-0.25, -0.2) is 4.57 Å². The average molecular weight is 907 g/mol. The molecule has 1 rings (SSSR count). The Kier molecular flexibility index (Phi) is 32.6. The van der Waals surface area contributed by atoms with Gasteiger partial charge < -0.3 is 55.2 Å². The van der Waals surface area contributed by atoms with E-state index >= 15 is 0 Å². The van der Waals surface area contributed by atoms with Crippen LogP contribution in [0.15, 0.2) is 48.6 Å². The lowest BCUT2D eigenvalue weighted by Gasteiger charge is -2.41. The van der Waals surface area contributed by atoms with Gasteiger partial charge in [-0.3, -0.25) is 18.6 Å². The third kappa shape index (κ3) is 27.1. The summed E-state index contributed by atoms with van der Waals surface area (Å²) in [4.78, 5) is 35.7. The summed E-state index contributed by atoms with van der Waals surface area (Å²) in [6, 6.07) is 0. The van der Waals surface area contributed by atoms with E-state index in [-0.39, 0.29) is 25.7 Å². The van der Waals surface area contributed by atoms with Crippen molar-refractivity contribution < 1.29 is 78.4 Å². The zero-order chi connectivity index (χ0) is 46.2. The topological polar surface area (TPSA) is 270 Å². The molecule has 11 atom stereocenters. The van der Waals surface area contributed by atoms with E-state index in [0.717, 1.165) is 44.9 Å². The highest BCUT2D eigenvalue weighted by Crippen LogP contribution is 2.47. The summed E-state index contributed by atoms with van der Waals surface area (Å²) in [5, 5.41) is 80.7. The monoisotopic (exact) mass is 907 g/mol. The van der Waals surface area contributed by atoms with Gasteiger partial charge in [-0.1, -0.05) is 159 Å². The molecule has 1 aliphatic rings. The number of carbonyl (C=O) groups excluding carboxylic acids is 2. The first kappa shape index (κ1) is 57.7. The average Bonchev–Trinajstić information content (AvgIpc) is 3.24. The van der Waals surface area contributed by atoms with E-state index < -0.39 is 94.0 Å². The molecule has 16 nitrogen and oxygen atoms in total. The van der Waals surface area contributed by atoms with Crippen molar-refractivity contribution in [2.75, 3.05) is 13.2 Å². The van der Waals surface area contributed by atoms with Crippen molar-refractivity contribution in [1.82, 2.24) is 0 Å². The van der Waals surface area contributed by atoms with E-state index in [1.165, 1.54) is 57.4 Å². The molecule has 1 saturated carbocycles. The van der Waals surface area contributed by atoms with Gasteiger partial charge in [0.15, 0.2) is 6.10 Å². The van der Waals surface area contributed by atoms with Crippen molar-refractivity contribution >= 4 is 19.8 Å². The number of esters is 2. The minimum atomic E-state index is -5.21. The number of aliphatic hydroxyl groups excluding tert-OH is 8. The van der Waals surface area contributed by atoms with Crippen molar-refractivity contribution in [1.29, 1.82) is 0 Å². The van der Waals surface area contributed by atoms with Crippen LogP contribution in [0.4, 0.5) is 0 Å². The smallest absolute Gasteiger partial charge is 0.462 e. The Morgan fingerprint density at radius 1 is 0.565 bits per heavy atom. The molecule has 9 N–H and O–H groups in total. The zero-order valence-electron chi connectivity index (χ0n) is 37.0. The predicted octanol–water partition coefficient (Wildman–Crippen LogP) is 5.30. The number of rotatable bonds is 36. The molecule has 0 radical (unpaired) electrons. The number of ether oxygens (including phenoxy) is 2. The molecular weight excluding hydrogens is 827 g/mol. The van der Waals surface area contributed by atoms with Gasteiger partial charge in [0, 0.05) is 12.8 Å². The van der Waals surface area contributed by atoms with Crippen LogP contribution in [0.25, 0.3) is 0 Å². The fourth-order valence-electron chi connectivity index (χ4n) is 6.67. The van der Waals surface area contributed by atoms with Gasteiger partial charge in [-0.2, -0.15) is 0 Å². The molecule has 0 amide bonds. The van der Waals surface area contributed by atoms with Crippen molar-refractivity contribution in [3.05, 3.63) is 48.6 Å². The Morgan fingerprint density at radius 2 is 1.03 bits per heavy atom. The summed E-state index contributed by atoms with van der Waals surface area (Å²) >= 11 is 0. The second-order valence-corrected chi connectivity index (χ2v) is 17.5. The highest BCUT2D eigenvalue weighted by atomic mass is 31.2. The standard InChI is InChI=1S/C45H79O16P/c1-3-5-7-8-9-10-11-12-13-14-15-20-24-30-38(49)58-32-35(33-59-62(56,57)61-45-43(54)41(52)40(51)42(53)44(45)55)60-39(50)31-25-29-37(48)36(47)28-23-19-17-16-18-22-27-34(46)26-21-6-4-2/h16-19,22-23,27-28,34-37,40-48,51-55H,3-15,20-21,24-26,29-33H2,1-2H3,(H,56,57)/b18-16-,19-17+,27-22+,28-23+/t34-,35+,36-,37-,40?,41-,42+,43+,44+,45?/m0/s1. The first-order valence-corrected chi connectivity index (χ1v) is 24.3. The molecule has 1 aliphatic carbocycles. The molecule has 0 aromatic carbocycles. The van der Waals surface area contributed by atoms with Gasteiger partial charge in [0.05, 0.1) is 24.9 Å². The normalized spacial score (nSPS) is 23.9. The van der Waals surface area contributed by atoms with E-state index in [1.807, 2.05) is 0 Å². The Morgan fingerprint density at radius 3 is 1.60 bits per heavy atom. The van der Waals surface area contributed by atoms with Crippen molar-refractivity contribution in [3.63, 3.8) is 0 Å². The zero-order valence-corrected chi connectivity index (χ0v) is 37.9. The van der Waals surface area contributed by atoms with Crippen LogP contribution in [0.2, 0.25) is 0 Å². The van der Waals surface area contributed by atoms with Crippen LogP contribution in [0.1, 0.15) is 149 Å². The van der Waals surface area contributed by atoms with Crippen LogP contribution < -0.4 is 0 Å². The molecule has 0 aromatic heterocycles. The molecule has 0 spiro atoms. The number of carbonyl (C=O) groups is 2. The van der Waals surface area contributed by atoms with Crippen molar-refractivity contribution in [2.45, 2.75) is 210 Å². The first-order chi connectivity index (χ1) is 29.6. The maximum Gasteiger partial charge on any atom is 0.472 e. The molecule has 0 saturated heterocycles. The van der Waals surface area contributed by atoms with Gasteiger partial charge in [0.25, 0.3) is 0 Å². The highest BCUT2D eigenvalue weighted by Gasteiger charge is 2.51. The van der Waals surface area contributed by atoms with E-state index in [1.54, 1.807) is 42.5 Å². The highest BCUT2D eigenvalue weighted by molar-refractivity contribution is 7.47. The van der Waals surface area contributed by atoms with Crippen molar-refractivity contribution in [2.24, 2.45) is 0 Å². The molecule has 0 aromatic rings. The summed E-state index contributed by atoms with van der Waals surface area (Å²) in [7, 11) is -5.21. The molecule has 0 bridgehead atoms. The lowest BCUT2D eigenvalue weighted by Crippen LogP contribution is -2.64. The maximum absolute atomic E-state index is 12.8. The minimum absolute atomic E-state index is 0.00298. The Hall–Kier alpha value is -2.31. The second-order valence-electron chi connectivity index (χ2n) is 16.1. The van der Waals surface area contributed by atoms with Gasteiger partial charge in [-0.15, -0.1) is 0 Å². The number of phosphoric acid groups is 1. The molecule has 1 fully saturated rings. The number of phosphoric ester groups is 1. The summed E-state index contributed by atoms with van der Waals surface area (Å²) in [6.45, 7) is 2.89. The fraction of sp³-hybridized carbons (Fsp3) is 0.778. The molecular formula is C45H79O16P. The van der Waals surface area contributed by atoms with Gasteiger partial charge >= 0.3 is 19.8 Å². The van der Waals surface area contributed by atoms with Crippen LogP contribution in [0.3, 0.4) is 0 Å². The summed E-state index contributed by atoms with van der Waals surface area (Å²) < 4.78 is 33.2.